The minimum Gasteiger partial charge on any atom is -0.319 e. The molecule has 0 bridgehead atoms. The summed E-state index contributed by atoms with van der Waals surface area (Å²) in [6.45, 7) is 7.18. The maximum Gasteiger partial charge on any atom is 0.00368 e. The van der Waals surface area contributed by atoms with Crippen LogP contribution in [0, 0.1) is 5.41 Å². The van der Waals surface area contributed by atoms with Crippen LogP contribution in [0.3, 0.4) is 0 Å². The highest BCUT2D eigenvalue weighted by molar-refractivity contribution is 7.98. The molecule has 1 N–H and O–H groups in total. The zero-order valence-electron chi connectivity index (χ0n) is 8.52. The molecule has 0 aromatic heterocycles. The van der Waals surface area contributed by atoms with E-state index in [0.717, 1.165) is 6.54 Å². The summed E-state index contributed by atoms with van der Waals surface area (Å²) in [7, 11) is 2.00. The lowest BCUT2D eigenvalue weighted by Gasteiger charge is -2.25. The van der Waals surface area contributed by atoms with Gasteiger partial charge < -0.3 is 5.32 Å². The van der Waals surface area contributed by atoms with Crippen LogP contribution < -0.4 is 5.32 Å². The first-order valence-electron chi connectivity index (χ1n) is 4.45. The van der Waals surface area contributed by atoms with Crippen molar-refractivity contribution in [2.75, 3.05) is 25.6 Å². The van der Waals surface area contributed by atoms with E-state index < -0.39 is 0 Å². The Morgan fingerprint density at radius 1 is 1.58 bits per heavy atom. The van der Waals surface area contributed by atoms with Crippen LogP contribution in [-0.4, -0.2) is 25.6 Å². The fourth-order valence-electron chi connectivity index (χ4n) is 1.29. The Hall–Kier alpha value is 0.0500. The predicted molar refractivity (Wildman–Crippen MR) is 59.8 cm³/mol. The van der Waals surface area contributed by atoms with Crippen molar-refractivity contribution in [1.82, 2.24) is 5.32 Å². The van der Waals surface area contributed by atoms with E-state index in [9.17, 15) is 0 Å². The zero-order valence-corrected chi connectivity index (χ0v) is 9.34. The first-order chi connectivity index (χ1) is 5.68. The second-order valence-corrected chi connectivity index (χ2v) is 4.47. The summed E-state index contributed by atoms with van der Waals surface area (Å²) in [6, 6.07) is 0. The van der Waals surface area contributed by atoms with E-state index in [2.05, 4.69) is 31.2 Å². The first kappa shape index (κ1) is 12.0. The van der Waals surface area contributed by atoms with Crippen LogP contribution in [0.1, 0.15) is 19.8 Å². The summed E-state index contributed by atoms with van der Waals surface area (Å²) in [5.41, 5.74) is 0.282. The average molecular weight is 187 g/mol. The van der Waals surface area contributed by atoms with Crippen molar-refractivity contribution >= 4 is 11.8 Å². The van der Waals surface area contributed by atoms with Gasteiger partial charge in [-0.15, -0.1) is 6.58 Å². The molecule has 0 heterocycles. The van der Waals surface area contributed by atoms with E-state index in [1.54, 1.807) is 0 Å². The van der Waals surface area contributed by atoms with E-state index in [1.165, 1.54) is 18.6 Å². The highest BCUT2D eigenvalue weighted by Gasteiger charge is 2.17. The highest BCUT2D eigenvalue weighted by Crippen LogP contribution is 2.24. The predicted octanol–water partition coefficient (Wildman–Crippen LogP) is 2.54. The second-order valence-electron chi connectivity index (χ2n) is 3.48. The maximum absolute atomic E-state index is 3.88. The molecule has 0 aromatic carbocycles. The molecule has 1 nitrogen and oxygen atoms in total. The third-order valence-corrected chi connectivity index (χ3v) is 2.87. The topological polar surface area (TPSA) is 12.0 Å². The van der Waals surface area contributed by atoms with Gasteiger partial charge in [-0.2, -0.15) is 11.8 Å². The van der Waals surface area contributed by atoms with Gasteiger partial charge in [-0.05, 0) is 37.3 Å². The van der Waals surface area contributed by atoms with Crippen LogP contribution in [0.2, 0.25) is 0 Å². The largest absolute Gasteiger partial charge is 0.319 e. The van der Waals surface area contributed by atoms with Gasteiger partial charge in [0.25, 0.3) is 0 Å². The van der Waals surface area contributed by atoms with Crippen LogP contribution in [-0.2, 0) is 0 Å². The Labute approximate surface area is 81.0 Å². The Kier molecular flexibility index (Phi) is 6.58. The molecule has 0 fully saturated rings. The van der Waals surface area contributed by atoms with Crippen molar-refractivity contribution in [3.05, 3.63) is 12.7 Å². The third-order valence-electron chi connectivity index (χ3n) is 2.17. The summed E-state index contributed by atoms with van der Waals surface area (Å²) in [4.78, 5) is 0. The van der Waals surface area contributed by atoms with E-state index in [4.69, 9.17) is 0 Å². The lowest BCUT2D eigenvalue weighted by atomic mass is 9.86. The summed E-state index contributed by atoms with van der Waals surface area (Å²) in [6.07, 6.45) is 6.75. The third kappa shape index (κ3) is 4.83. The lowest BCUT2D eigenvalue weighted by molar-refractivity contribution is 0.374. The molecule has 0 aromatic rings. The van der Waals surface area contributed by atoms with Gasteiger partial charge in [-0.3, -0.25) is 0 Å². The molecule has 0 amide bonds. The average Bonchev–Trinajstić information content (AvgIpc) is 2.06. The maximum atomic E-state index is 3.88. The molecule has 0 spiro atoms. The summed E-state index contributed by atoms with van der Waals surface area (Å²) >= 11 is 1.92. The monoisotopic (exact) mass is 187 g/mol. The van der Waals surface area contributed by atoms with Crippen molar-refractivity contribution in [2.24, 2.45) is 5.41 Å². The van der Waals surface area contributed by atoms with Crippen molar-refractivity contribution in [2.45, 2.75) is 19.8 Å². The first-order valence-corrected chi connectivity index (χ1v) is 5.85. The van der Waals surface area contributed by atoms with Crippen LogP contribution >= 0.6 is 11.8 Å². The van der Waals surface area contributed by atoms with Gasteiger partial charge in [-0.25, -0.2) is 0 Å². The molecule has 0 radical (unpaired) electrons. The van der Waals surface area contributed by atoms with Crippen molar-refractivity contribution < 1.29 is 0 Å². The quantitative estimate of drug-likeness (QED) is 0.485. The van der Waals surface area contributed by atoms with Crippen molar-refractivity contribution in [1.29, 1.82) is 0 Å². The minimum absolute atomic E-state index is 0.282. The minimum atomic E-state index is 0.282. The molecule has 0 saturated carbocycles. The summed E-state index contributed by atoms with van der Waals surface area (Å²) in [5.74, 6) is 1.26. The van der Waals surface area contributed by atoms with Gasteiger partial charge in [-0.1, -0.05) is 13.0 Å². The number of nitrogens with one attached hydrogen (secondary N) is 1. The van der Waals surface area contributed by atoms with Gasteiger partial charge in [0, 0.05) is 6.54 Å². The molecule has 12 heavy (non-hydrogen) atoms. The van der Waals surface area contributed by atoms with Gasteiger partial charge >= 0.3 is 0 Å². The normalized spacial score (nSPS) is 15.6. The van der Waals surface area contributed by atoms with E-state index in [-0.39, 0.29) is 5.41 Å². The molecule has 0 aliphatic carbocycles. The number of hydrogen-bond acceptors (Lipinski definition) is 2. The molecular weight excluding hydrogens is 166 g/mol. The fraction of sp³-hybridized carbons (Fsp3) is 0.800. The Morgan fingerprint density at radius 3 is 2.67 bits per heavy atom. The number of rotatable bonds is 7. The molecule has 0 rings (SSSR count). The molecule has 72 valence electrons. The molecule has 0 aliphatic heterocycles. The number of thioether (sulfide) groups is 1. The van der Waals surface area contributed by atoms with E-state index in [0.29, 0.717) is 0 Å². The summed E-state index contributed by atoms with van der Waals surface area (Å²) < 4.78 is 0. The summed E-state index contributed by atoms with van der Waals surface area (Å²) in [5, 5.41) is 3.21. The van der Waals surface area contributed by atoms with Crippen LogP contribution in [0.4, 0.5) is 0 Å². The van der Waals surface area contributed by atoms with Crippen molar-refractivity contribution in [3.8, 4) is 0 Å². The van der Waals surface area contributed by atoms with Crippen LogP contribution in [0.5, 0.6) is 0 Å². The molecule has 2 heteroatoms. The highest BCUT2D eigenvalue weighted by atomic mass is 32.2. The zero-order chi connectivity index (χ0) is 9.45. The molecule has 1 atom stereocenters. The Bertz CT molecular complexity index is 125. The fourth-order valence-corrected chi connectivity index (χ4v) is 1.72. The van der Waals surface area contributed by atoms with Crippen LogP contribution in [0.25, 0.3) is 0 Å². The van der Waals surface area contributed by atoms with Gasteiger partial charge in [0.05, 0.1) is 0 Å². The van der Waals surface area contributed by atoms with Crippen LogP contribution in [0.15, 0.2) is 12.7 Å². The second kappa shape index (κ2) is 6.55. The Balaban J connectivity index is 3.71. The van der Waals surface area contributed by atoms with E-state index >= 15 is 0 Å². The molecule has 0 aliphatic rings. The Morgan fingerprint density at radius 2 is 2.25 bits per heavy atom. The van der Waals surface area contributed by atoms with Gasteiger partial charge in [0.15, 0.2) is 0 Å². The lowest BCUT2D eigenvalue weighted by Crippen LogP contribution is -2.27. The molecule has 0 saturated heterocycles. The van der Waals surface area contributed by atoms with Gasteiger partial charge in [0.1, 0.15) is 0 Å². The van der Waals surface area contributed by atoms with E-state index in [1.807, 2.05) is 18.8 Å². The molecule has 1 unspecified atom stereocenters. The smallest absolute Gasteiger partial charge is 0.00368 e. The number of hydrogen-bond donors (Lipinski definition) is 1. The SMILES string of the molecule is C=CC(C)(CCCSC)CNC. The van der Waals surface area contributed by atoms with Gasteiger partial charge in [0.2, 0.25) is 0 Å². The standard InChI is InChI=1S/C10H21NS/c1-5-10(2,9-11-3)7-6-8-12-4/h5,11H,1,6-9H2,2-4H3. The molecular formula is C10H21NS. The van der Waals surface area contributed by atoms with Crippen molar-refractivity contribution in [3.63, 3.8) is 0 Å².